The van der Waals surface area contributed by atoms with Crippen LogP contribution in [0.3, 0.4) is 0 Å². The van der Waals surface area contributed by atoms with Crippen LogP contribution >= 0.6 is 11.6 Å². The van der Waals surface area contributed by atoms with E-state index in [-0.39, 0.29) is 18.1 Å². The highest BCUT2D eigenvalue weighted by Gasteiger charge is 2.33. The molecule has 2 rings (SSSR count). The molecule has 0 aliphatic rings. The van der Waals surface area contributed by atoms with Gasteiger partial charge in [0.25, 0.3) is 0 Å². The molecule has 0 aliphatic carbocycles. The SMILES string of the molecule is CC(C(=O)NC(C)(C)C)N(Cc1ccc(Cl)cc1)C(=O)CN(c1ccc(F)cc1)S(=O)(=O)N(C)C. The molecule has 2 amide bonds. The lowest BCUT2D eigenvalue weighted by atomic mass is 10.1. The molecule has 8 nitrogen and oxygen atoms in total. The third-order valence-electron chi connectivity index (χ3n) is 5.07. The molecule has 35 heavy (non-hydrogen) atoms. The lowest BCUT2D eigenvalue weighted by molar-refractivity contribution is -0.140. The Balaban J connectivity index is 2.45. The molecule has 1 N–H and O–H groups in total. The monoisotopic (exact) mass is 526 g/mol. The van der Waals surface area contributed by atoms with E-state index in [1.807, 2.05) is 20.8 Å². The van der Waals surface area contributed by atoms with E-state index in [0.29, 0.717) is 10.6 Å². The molecule has 2 aromatic rings. The number of anilines is 1. The number of halogens is 2. The first kappa shape index (κ1) is 28.5. The summed E-state index contributed by atoms with van der Waals surface area (Å²) in [5.41, 5.74) is 0.294. The van der Waals surface area contributed by atoms with E-state index in [0.717, 1.165) is 20.7 Å². The summed E-state index contributed by atoms with van der Waals surface area (Å²) in [7, 11) is -1.44. The van der Waals surface area contributed by atoms with Crippen molar-refractivity contribution in [1.29, 1.82) is 0 Å². The van der Waals surface area contributed by atoms with Crippen LogP contribution in [0, 0.1) is 5.82 Å². The molecule has 0 saturated heterocycles. The largest absolute Gasteiger partial charge is 0.350 e. The highest BCUT2D eigenvalue weighted by molar-refractivity contribution is 7.90. The van der Waals surface area contributed by atoms with E-state index in [4.69, 9.17) is 11.6 Å². The maximum atomic E-state index is 13.6. The average molecular weight is 527 g/mol. The van der Waals surface area contributed by atoms with E-state index in [1.165, 1.54) is 31.1 Å². The Hall–Kier alpha value is -2.69. The van der Waals surface area contributed by atoms with Gasteiger partial charge >= 0.3 is 10.2 Å². The van der Waals surface area contributed by atoms with Crippen LogP contribution in [0.25, 0.3) is 0 Å². The van der Waals surface area contributed by atoms with Crippen molar-refractivity contribution in [1.82, 2.24) is 14.5 Å². The maximum absolute atomic E-state index is 13.6. The zero-order valence-corrected chi connectivity index (χ0v) is 22.3. The minimum atomic E-state index is -4.11. The van der Waals surface area contributed by atoms with Crippen LogP contribution in [-0.4, -0.2) is 61.7 Å². The maximum Gasteiger partial charge on any atom is 0.304 e. The zero-order valence-electron chi connectivity index (χ0n) is 20.7. The van der Waals surface area contributed by atoms with E-state index < -0.39 is 40.1 Å². The lowest BCUT2D eigenvalue weighted by Gasteiger charge is -2.34. The molecule has 1 atom stereocenters. The molecular weight excluding hydrogens is 495 g/mol. The summed E-state index contributed by atoms with van der Waals surface area (Å²) in [6.45, 7) is 6.51. The van der Waals surface area contributed by atoms with Gasteiger partial charge in [0, 0.05) is 31.2 Å². The minimum Gasteiger partial charge on any atom is -0.350 e. The Morgan fingerprint density at radius 1 is 1.03 bits per heavy atom. The fourth-order valence-electron chi connectivity index (χ4n) is 3.17. The number of nitrogens with zero attached hydrogens (tertiary/aromatic N) is 3. The average Bonchev–Trinajstić information content (AvgIpc) is 2.75. The summed E-state index contributed by atoms with van der Waals surface area (Å²) in [4.78, 5) is 27.8. The van der Waals surface area contributed by atoms with Gasteiger partial charge in [0.05, 0.1) is 5.69 Å². The van der Waals surface area contributed by atoms with Gasteiger partial charge in [-0.1, -0.05) is 23.7 Å². The molecule has 192 valence electrons. The molecular formula is C24H32ClFN4O4S. The first-order valence-corrected chi connectivity index (χ1v) is 12.7. The normalized spacial score (nSPS) is 12.8. The highest BCUT2D eigenvalue weighted by Crippen LogP contribution is 2.22. The van der Waals surface area contributed by atoms with Crippen LogP contribution in [0.1, 0.15) is 33.3 Å². The van der Waals surface area contributed by atoms with Crippen LogP contribution in [0.2, 0.25) is 5.02 Å². The van der Waals surface area contributed by atoms with Gasteiger partial charge in [-0.25, -0.2) is 8.70 Å². The van der Waals surface area contributed by atoms with Crippen molar-refractivity contribution < 1.29 is 22.4 Å². The molecule has 0 aromatic heterocycles. The number of amides is 2. The van der Waals surface area contributed by atoms with Crippen LogP contribution in [0.15, 0.2) is 48.5 Å². The molecule has 0 aliphatic heterocycles. The third kappa shape index (κ3) is 7.91. The summed E-state index contributed by atoms with van der Waals surface area (Å²) in [5.74, 6) is -1.53. The highest BCUT2D eigenvalue weighted by atomic mass is 35.5. The number of benzene rings is 2. The van der Waals surface area contributed by atoms with Crippen molar-refractivity contribution in [3.63, 3.8) is 0 Å². The van der Waals surface area contributed by atoms with Crippen molar-refractivity contribution in [3.8, 4) is 0 Å². The van der Waals surface area contributed by atoms with Crippen molar-refractivity contribution in [2.24, 2.45) is 0 Å². The van der Waals surface area contributed by atoms with Gasteiger partial charge in [-0.05, 0) is 69.7 Å². The first-order chi connectivity index (χ1) is 16.1. The third-order valence-corrected chi connectivity index (χ3v) is 7.14. The van der Waals surface area contributed by atoms with Gasteiger partial charge in [-0.3, -0.25) is 9.59 Å². The number of hydrogen-bond acceptors (Lipinski definition) is 4. The van der Waals surface area contributed by atoms with Crippen LogP contribution < -0.4 is 9.62 Å². The van der Waals surface area contributed by atoms with Gasteiger partial charge in [-0.2, -0.15) is 12.7 Å². The van der Waals surface area contributed by atoms with Crippen molar-refractivity contribution in [3.05, 3.63) is 64.9 Å². The Kier molecular flexibility index (Phi) is 9.27. The standard InChI is InChI=1S/C24H32ClFN4O4S/c1-17(23(32)27-24(2,3)4)29(15-18-7-9-19(25)10-8-18)22(31)16-30(35(33,34)28(5)6)21-13-11-20(26)12-14-21/h7-14,17H,15-16H2,1-6H3,(H,27,32). The summed E-state index contributed by atoms with van der Waals surface area (Å²) in [6, 6.07) is 10.7. The lowest BCUT2D eigenvalue weighted by Crippen LogP contribution is -2.54. The Labute approximate surface area is 211 Å². The molecule has 2 aromatic carbocycles. The number of carbonyl (C=O) groups is 2. The summed E-state index contributed by atoms with van der Waals surface area (Å²) in [6.07, 6.45) is 0. The number of carbonyl (C=O) groups excluding carboxylic acids is 2. The molecule has 0 spiro atoms. The van der Waals surface area contributed by atoms with Gasteiger partial charge in [0.2, 0.25) is 11.8 Å². The second kappa shape index (κ2) is 11.4. The molecule has 0 fully saturated rings. The molecule has 0 bridgehead atoms. The van der Waals surface area contributed by atoms with E-state index in [9.17, 15) is 22.4 Å². The molecule has 0 saturated carbocycles. The van der Waals surface area contributed by atoms with E-state index >= 15 is 0 Å². The second-order valence-electron chi connectivity index (χ2n) is 9.34. The summed E-state index contributed by atoms with van der Waals surface area (Å²) in [5, 5.41) is 3.37. The smallest absolute Gasteiger partial charge is 0.304 e. The Morgan fingerprint density at radius 2 is 1.57 bits per heavy atom. The van der Waals surface area contributed by atoms with E-state index in [2.05, 4.69) is 5.32 Å². The molecule has 1 unspecified atom stereocenters. The van der Waals surface area contributed by atoms with Crippen LogP contribution in [0.5, 0.6) is 0 Å². The summed E-state index contributed by atoms with van der Waals surface area (Å²) >= 11 is 5.97. The fourth-order valence-corrected chi connectivity index (χ4v) is 4.35. The number of rotatable bonds is 9. The minimum absolute atomic E-state index is 0.0496. The molecule has 0 heterocycles. The van der Waals surface area contributed by atoms with Gasteiger partial charge in [-0.15, -0.1) is 0 Å². The van der Waals surface area contributed by atoms with Crippen LogP contribution in [-0.2, 0) is 26.3 Å². The van der Waals surface area contributed by atoms with E-state index in [1.54, 1.807) is 31.2 Å². The number of hydrogen-bond donors (Lipinski definition) is 1. The number of nitrogens with one attached hydrogen (secondary N) is 1. The van der Waals surface area contributed by atoms with Crippen molar-refractivity contribution in [2.45, 2.75) is 45.8 Å². The van der Waals surface area contributed by atoms with Crippen molar-refractivity contribution in [2.75, 3.05) is 24.9 Å². The zero-order chi connectivity index (χ0) is 26.6. The Morgan fingerprint density at radius 3 is 2.06 bits per heavy atom. The van der Waals surface area contributed by atoms with Gasteiger partial charge < -0.3 is 10.2 Å². The topological polar surface area (TPSA) is 90.0 Å². The second-order valence-corrected chi connectivity index (χ2v) is 11.8. The molecule has 0 radical (unpaired) electrons. The predicted octanol–water partition coefficient (Wildman–Crippen LogP) is 3.42. The summed E-state index contributed by atoms with van der Waals surface area (Å²) < 4.78 is 41.4. The fraction of sp³-hybridized carbons (Fsp3) is 0.417. The van der Waals surface area contributed by atoms with Gasteiger partial charge in [0.15, 0.2) is 0 Å². The first-order valence-electron chi connectivity index (χ1n) is 10.9. The van der Waals surface area contributed by atoms with Crippen LogP contribution in [0.4, 0.5) is 10.1 Å². The molecule has 11 heteroatoms. The quantitative estimate of drug-likeness (QED) is 0.542. The Bertz CT molecular complexity index is 1130. The predicted molar refractivity (Wildman–Crippen MR) is 136 cm³/mol. The van der Waals surface area contributed by atoms with Gasteiger partial charge in [0.1, 0.15) is 18.4 Å². The van der Waals surface area contributed by atoms with Crippen molar-refractivity contribution >= 4 is 39.3 Å².